The number of carbonyl (C=O) groups excluding carboxylic acids is 2. The molecule has 1 saturated carbocycles. The number of hydrogen-bond donors (Lipinski definition) is 1. The molecule has 1 saturated heterocycles. The van der Waals surface area contributed by atoms with E-state index in [1.54, 1.807) is 0 Å². The second-order valence-electron chi connectivity index (χ2n) is 3.80. The molecule has 2 fully saturated rings. The Morgan fingerprint density at radius 2 is 2.15 bits per heavy atom. The number of nitrogens with zero attached hydrogens (tertiary/aromatic N) is 1. The van der Waals surface area contributed by atoms with Crippen LogP contribution in [0, 0.1) is 0 Å². The van der Waals surface area contributed by atoms with Crippen molar-refractivity contribution in [1.29, 1.82) is 0 Å². The summed E-state index contributed by atoms with van der Waals surface area (Å²) in [6.45, 7) is 2.27. The molecule has 1 unspecified atom stereocenters. The van der Waals surface area contributed by atoms with Gasteiger partial charge < -0.3 is 10.2 Å². The van der Waals surface area contributed by atoms with Crippen molar-refractivity contribution in [2.24, 2.45) is 0 Å². The summed E-state index contributed by atoms with van der Waals surface area (Å²) in [6.07, 6.45) is 3.05. The lowest BCUT2D eigenvalue weighted by molar-refractivity contribution is -0.132. The lowest BCUT2D eigenvalue weighted by Gasteiger charge is -2.15. The van der Waals surface area contributed by atoms with E-state index in [0.717, 1.165) is 25.8 Å². The summed E-state index contributed by atoms with van der Waals surface area (Å²) in [5.41, 5.74) is 0. The van der Waals surface area contributed by atoms with Crippen LogP contribution in [0.5, 0.6) is 0 Å². The molecule has 4 heteroatoms. The monoisotopic (exact) mass is 182 g/mol. The summed E-state index contributed by atoms with van der Waals surface area (Å²) < 4.78 is 0. The first kappa shape index (κ1) is 8.53. The summed E-state index contributed by atoms with van der Waals surface area (Å²) in [4.78, 5) is 24.3. The van der Waals surface area contributed by atoms with Crippen LogP contribution in [0.3, 0.4) is 0 Å². The minimum absolute atomic E-state index is 0.109. The van der Waals surface area contributed by atoms with Gasteiger partial charge in [-0.05, 0) is 19.3 Å². The van der Waals surface area contributed by atoms with Crippen LogP contribution in [-0.2, 0) is 9.59 Å². The van der Waals surface area contributed by atoms with Crippen molar-refractivity contribution in [3.8, 4) is 0 Å². The van der Waals surface area contributed by atoms with E-state index in [1.807, 2.05) is 4.90 Å². The highest BCUT2D eigenvalue weighted by atomic mass is 16.2. The van der Waals surface area contributed by atoms with Gasteiger partial charge in [0.05, 0.1) is 0 Å². The Bertz CT molecular complexity index is 248. The predicted molar refractivity (Wildman–Crippen MR) is 47.0 cm³/mol. The van der Waals surface area contributed by atoms with Crippen LogP contribution in [0.25, 0.3) is 0 Å². The minimum atomic E-state index is -0.252. The van der Waals surface area contributed by atoms with Crippen molar-refractivity contribution < 1.29 is 9.59 Å². The molecule has 1 N–H and O–H groups in total. The molecular formula is C9H14N2O2. The van der Waals surface area contributed by atoms with Crippen LogP contribution in [0.15, 0.2) is 0 Å². The van der Waals surface area contributed by atoms with E-state index in [0.29, 0.717) is 6.04 Å². The molecule has 0 aromatic heterocycles. The molecule has 0 spiro atoms. The van der Waals surface area contributed by atoms with Crippen LogP contribution in [-0.4, -0.2) is 35.3 Å². The van der Waals surface area contributed by atoms with Gasteiger partial charge in [0.15, 0.2) is 0 Å². The van der Waals surface area contributed by atoms with Gasteiger partial charge in [-0.25, -0.2) is 0 Å². The Morgan fingerprint density at radius 3 is 2.69 bits per heavy atom. The Morgan fingerprint density at radius 1 is 1.46 bits per heavy atom. The molecule has 13 heavy (non-hydrogen) atoms. The van der Waals surface area contributed by atoms with Gasteiger partial charge in [0.2, 0.25) is 11.8 Å². The van der Waals surface area contributed by atoms with Crippen molar-refractivity contribution in [2.45, 2.75) is 38.3 Å². The van der Waals surface area contributed by atoms with Gasteiger partial charge in [-0.3, -0.25) is 9.59 Å². The second kappa shape index (κ2) is 3.01. The number of carbonyl (C=O) groups is 2. The zero-order chi connectivity index (χ0) is 9.42. The average molecular weight is 182 g/mol. The molecule has 2 rings (SSSR count). The van der Waals surface area contributed by atoms with Crippen molar-refractivity contribution in [3.63, 3.8) is 0 Å². The van der Waals surface area contributed by atoms with Crippen molar-refractivity contribution in [3.05, 3.63) is 0 Å². The van der Waals surface area contributed by atoms with Crippen molar-refractivity contribution >= 4 is 11.8 Å². The third-order valence-electron chi connectivity index (χ3n) is 2.60. The number of amides is 2. The van der Waals surface area contributed by atoms with Crippen LogP contribution < -0.4 is 5.32 Å². The molecule has 0 bridgehead atoms. The topological polar surface area (TPSA) is 49.4 Å². The van der Waals surface area contributed by atoms with Crippen LogP contribution in [0.1, 0.15) is 26.2 Å². The number of hydrogen-bond acceptors (Lipinski definition) is 2. The second-order valence-corrected chi connectivity index (χ2v) is 3.80. The third-order valence-corrected chi connectivity index (χ3v) is 2.60. The maximum Gasteiger partial charge on any atom is 0.245 e. The quantitative estimate of drug-likeness (QED) is 0.647. The third kappa shape index (κ3) is 1.66. The van der Waals surface area contributed by atoms with Crippen LogP contribution in [0.4, 0.5) is 0 Å². The van der Waals surface area contributed by atoms with E-state index >= 15 is 0 Å². The lowest BCUT2D eigenvalue weighted by atomic mass is 10.2. The van der Waals surface area contributed by atoms with Crippen LogP contribution >= 0.6 is 0 Å². The molecule has 0 aromatic carbocycles. The predicted octanol–water partition coefficient (Wildman–Crippen LogP) is -0.114. The van der Waals surface area contributed by atoms with Gasteiger partial charge in [0.25, 0.3) is 0 Å². The highest BCUT2D eigenvalue weighted by Crippen LogP contribution is 2.30. The van der Waals surface area contributed by atoms with Crippen molar-refractivity contribution in [1.82, 2.24) is 10.2 Å². The summed E-state index contributed by atoms with van der Waals surface area (Å²) in [5.74, 6) is -0.00584. The zero-order valence-corrected chi connectivity index (χ0v) is 7.75. The first-order valence-corrected chi connectivity index (χ1v) is 4.76. The maximum absolute atomic E-state index is 11.6. The van der Waals surface area contributed by atoms with E-state index in [4.69, 9.17) is 0 Å². The molecular weight excluding hydrogens is 168 g/mol. The normalized spacial score (nSPS) is 27.9. The number of likely N-dealkylation sites (tertiary alicyclic amines) is 1. The highest BCUT2D eigenvalue weighted by Gasteiger charge is 2.40. The van der Waals surface area contributed by atoms with Gasteiger partial charge >= 0.3 is 0 Å². The fourth-order valence-corrected chi connectivity index (χ4v) is 1.83. The smallest absolute Gasteiger partial charge is 0.245 e. The molecule has 1 aliphatic heterocycles. The Balaban J connectivity index is 1.93. The molecule has 1 heterocycles. The van der Waals surface area contributed by atoms with Crippen molar-refractivity contribution in [2.75, 3.05) is 6.54 Å². The Kier molecular flexibility index (Phi) is 1.98. The molecule has 4 nitrogen and oxygen atoms in total. The molecule has 0 radical (unpaired) electrons. The minimum Gasteiger partial charge on any atom is -0.344 e. The standard InChI is InChI=1S/C9H14N2O2/c1-6(12)10-8-4-5-11(9(8)13)7-2-3-7/h7-8H,2-5H2,1H3,(H,10,12). The zero-order valence-electron chi connectivity index (χ0n) is 7.75. The largest absolute Gasteiger partial charge is 0.344 e. The van der Waals surface area contributed by atoms with E-state index in [9.17, 15) is 9.59 Å². The van der Waals surface area contributed by atoms with Gasteiger partial charge in [0.1, 0.15) is 6.04 Å². The van der Waals surface area contributed by atoms with E-state index < -0.39 is 0 Å². The van der Waals surface area contributed by atoms with E-state index in [-0.39, 0.29) is 17.9 Å². The van der Waals surface area contributed by atoms with Gasteiger partial charge in [-0.1, -0.05) is 0 Å². The average Bonchev–Trinajstić information content (AvgIpc) is 2.81. The molecule has 72 valence electrons. The van der Waals surface area contributed by atoms with Gasteiger partial charge in [0, 0.05) is 19.5 Å². The van der Waals surface area contributed by atoms with Gasteiger partial charge in [-0.2, -0.15) is 0 Å². The molecule has 0 aromatic rings. The molecule has 2 amide bonds. The summed E-state index contributed by atoms with van der Waals surface area (Å²) in [5, 5.41) is 2.67. The van der Waals surface area contributed by atoms with Crippen LogP contribution in [0.2, 0.25) is 0 Å². The first-order valence-electron chi connectivity index (χ1n) is 4.76. The number of rotatable bonds is 2. The Labute approximate surface area is 77.3 Å². The summed E-state index contributed by atoms with van der Waals surface area (Å²) in [6, 6.07) is 0.226. The first-order chi connectivity index (χ1) is 6.18. The Hall–Kier alpha value is -1.06. The fraction of sp³-hybridized carbons (Fsp3) is 0.778. The highest BCUT2D eigenvalue weighted by molar-refractivity contribution is 5.88. The fourth-order valence-electron chi connectivity index (χ4n) is 1.83. The van der Waals surface area contributed by atoms with E-state index in [2.05, 4.69) is 5.32 Å². The SMILES string of the molecule is CC(=O)NC1CCN(C2CC2)C1=O. The van der Waals surface area contributed by atoms with E-state index in [1.165, 1.54) is 6.92 Å². The molecule has 1 aliphatic carbocycles. The summed E-state index contributed by atoms with van der Waals surface area (Å²) >= 11 is 0. The van der Waals surface area contributed by atoms with Gasteiger partial charge in [-0.15, -0.1) is 0 Å². The molecule has 1 atom stereocenters. The summed E-state index contributed by atoms with van der Waals surface area (Å²) in [7, 11) is 0. The maximum atomic E-state index is 11.6. The lowest BCUT2D eigenvalue weighted by Crippen LogP contribution is -2.41. The molecule has 2 aliphatic rings. The number of nitrogens with one attached hydrogen (secondary N) is 1.